The molecule has 0 spiro atoms. The van der Waals surface area contributed by atoms with Gasteiger partial charge in [0.15, 0.2) is 4.77 Å². The Hall–Kier alpha value is -0.940. The third kappa shape index (κ3) is 1.87. The van der Waals surface area contributed by atoms with E-state index in [0.29, 0.717) is 10.7 Å². The highest BCUT2D eigenvalue weighted by molar-refractivity contribution is 9.10. The van der Waals surface area contributed by atoms with E-state index < -0.39 is 0 Å². The first kappa shape index (κ1) is 11.2. The van der Waals surface area contributed by atoms with Gasteiger partial charge in [0.2, 0.25) is 0 Å². The van der Waals surface area contributed by atoms with Crippen molar-refractivity contribution in [1.29, 1.82) is 0 Å². The maximum Gasteiger partial charge on any atom is 0.199 e. The zero-order valence-corrected chi connectivity index (χ0v) is 11.8. The van der Waals surface area contributed by atoms with Crippen molar-refractivity contribution in [2.75, 3.05) is 0 Å². The number of halogens is 1. The molecule has 17 heavy (non-hydrogen) atoms. The zero-order chi connectivity index (χ0) is 12.0. The standard InChI is InChI=1S/C12H12BrN3S/c1-7-9(13)3-2-4-10(7)16-11(8-5-6-8)14-15-12(16)17/h2-4,8H,5-6H2,1H3,(H,15,17). The van der Waals surface area contributed by atoms with Crippen LogP contribution in [0.1, 0.15) is 30.1 Å². The van der Waals surface area contributed by atoms with Gasteiger partial charge in [-0.1, -0.05) is 22.0 Å². The third-order valence-corrected chi connectivity index (χ3v) is 4.25. The van der Waals surface area contributed by atoms with E-state index in [1.165, 1.54) is 18.4 Å². The summed E-state index contributed by atoms with van der Waals surface area (Å²) in [6.45, 7) is 2.09. The highest BCUT2D eigenvalue weighted by Crippen LogP contribution is 2.40. The van der Waals surface area contributed by atoms with Crippen molar-refractivity contribution in [3.8, 4) is 5.69 Å². The van der Waals surface area contributed by atoms with Crippen molar-refractivity contribution < 1.29 is 0 Å². The maximum atomic E-state index is 5.33. The van der Waals surface area contributed by atoms with Crippen LogP contribution in [0.3, 0.4) is 0 Å². The summed E-state index contributed by atoms with van der Waals surface area (Å²) < 4.78 is 3.83. The molecule has 3 nitrogen and oxygen atoms in total. The largest absolute Gasteiger partial charge is 0.272 e. The van der Waals surface area contributed by atoms with Gasteiger partial charge >= 0.3 is 0 Å². The van der Waals surface area contributed by atoms with Crippen LogP contribution in [0.15, 0.2) is 22.7 Å². The normalized spacial score (nSPS) is 15.2. The van der Waals surface area contributed by atoms with E-state index in [4.69, 9.17) is 12.2 Å². The van der Waals surface area contributed by atoms with E-state index >= 15 is 0 Å². The molecule has 1 N–H and O–H groups in total. The molecule has 2 aromatic rings. The Morgan fingerprint density at radius 3 is 2.94 bits per heavy atom. The molecule has 0 amide bonds. The van der Waals surface area contributed by atoms with Gasteiger partial charge < -0.3 is 0 Å². The van der Waals surface area contributed by atoms with Gasteiger partial charge in [-0.25, -0.2) is 0 Å². The summed E-state index contributed by atoms with van der Waals surface area (Å²) >= 11 is 8.89. The summed E-state index contributed by atoms with van der Waals surface area (Å²) in [6, 6.07) is 6.15. The second kappa shape index (κ2) is 4.07. The highest BCUT2D eigenvalue weighted by Gasteiger charge is 2.29. The van der Waals surface area contributed by atoms with Crippen LogP contribution in [-0.4, -0.2) is 14.8 Å². The third-order valence-electron chi connectivity index (χ3n) is 3.12. The van der Waals surface area contributed by atoms with Crippen LogP contribution in [0.2, 0.25) is 0 Å². The Labute approximate surface area is 113 Å². The lowest BCUT2D eigenvalue weighted by Gasteiger charge is -2.10. The molecule has 0 aliphatic heterocycles. The van der Waals surface area contributed by atoms with Crippen LogP contribution in [0.4, 0.5) is 0 Å². The van der Waals surface area contributed by atoms with Crippen LogP contribution < -0.4 is 0 Å². The second-order valence-corrected chi connectivity index (χ2v) is 5.62. The van der Waals surface area contributed by atoms with Gasteiger partial charge in [-0.05, 0) is 49.7 Å². The van der Waals surface area contributed by atoms with Gasteiger partial charge in [0, 0.05) is 10.4 Å². The molecule has 0 bridgehead atoms. The lowest BCUT2D eigenvalue weighted by molar-refractivity contribution is 0.864. The number of aromatic amines is 1. The Kier molecular flexibility index (Phi) is 2.67. The van der Waals surface area contributed by atoms with Gasteiger partial charge in [-0.2, -0.15) is 5.10 Å². The number of rotatable bonds is 2. The number of nitrogens with one attached hydrogen (secondary N) is 1. The number of aromatic nitrogens is 3. The molecule has 0 radical (unpaired) electrons. The number of hydrogen-bond acceptors (Lipinski definition) is 2. The molecule has 0 atom stereocenters. The molecule has 88 valence electrons. The van der Waals surface area contributed by atoms with E-state index in [1.54, 1.807) is 0 Å². The monoisotopic (exact) mass is 309 g/mol. The van der Waals surface area contributed by atoms with Crippen LogP contribution in [-0.2, 0) is 0 Å². The first-order valence-corrected chi connectivity index (χ1v) is 6.81. The number of benzene rings is 1. The van der Waals surface area contributed by atoms with Crippen molar-refractivity contribution >= 4 is 28.1 Å². The molecule has 1 fully saturated rings. The summed E-state index contributed by atoms with van der Waals surface area (Å²) in [6.07, 6.45) is 2.43. The molecule has 0 unspecified atom stereocenters. The average molecular weight is 310 g/mol. The van der Waals surface area contributed by atoms with Crippen molar-refractivity contribution in [2.45, 2.75) is 25.7 Å². The molecule has 3 rings (SSSR count). The van der Waals surface area contributed by atoms with Crippen LogP contribution >= 0.6 is 28.1 Å². The van der Waals surface area contributed by atoms with Crippen LogP contribution in [0.5, 0.6) is 0 Å². The first-order valence-electron chi connectivity index (χ1n) is 5.61. The van der Waals surface area contributed by atoms with E-state index in [1.807, 2.05) is 12.1 Å². The smallest absolute Gasteiger partial charge is 0.199 e. The van der Waals surface area contributed by atoms with Crippen LogP contribution in [0, 0.1) is 11.7 Å². The van der Waals surface area contributed by atoms with Crippen molar-refractivity contribution in [2.24, 2.45) is 0 Å². The van der Waals surface area contributed by atoms with Gasteiger partial charge in [0.1, 0.15) is 5.82 Å². The van der Waals surface area contributed by atoms with Gasteiger partial charge in [-0.15, -0.1) is 0 Å². The Balaban J connectivity index is 2.24. The Morgan fingerprint density at radius 1 is 1.47 bits per heavy atom. The van der Waals surface area contributed by atoms with Crippen molar-refractivity contribution in [1.82, 2.24) is 14.8 Å². The molecule has 5 heteroatoms. The molecular weight excluding hydrogens is 298 g/mol. The van der Waals surface area contributed by atoms with Crippen molar-refractivity contribution in [3.05, 3.63) is 38.8 Å². The maximum absolute atomic E-state index is 5.33. The molecule has 1 aliphatic carbocycles. The first-order chi connectivity index (χ1) is 8.18. The highest BCUT2D eigenvalue weighted by atomic mass is 79.9. The van der Waals surface area contributed by atoms with E-state index in [9.17, 15) is 0 Å². The van der Waals surface area contributed by atoms with Gasteiger partial charge in [0.25, 0.3) is 0 Å². The summed E-state index contributed by atoms with van der Waals surface area (Å²) in [4.78, 5) is 0. The van der Waals surface area contributed by atoms with Gasteiger partial charge in [0.05, 0.1) is 5.69 Å². The Morgan fingerprint density at radius 2 is 2.24 bits per heavy atom. The van der Waals surface area contributed by atoms with E-state index in [0.717, 1.165) is 16.0 Å². The predicted molar refractivity (Wildman–Crippen MR) is 73.2 cm³/mol. The summed E-state index contributed by atoms with van der Waals surface area (Å²) in [5, 5.41) is 7.26. The second-order valence-electron chi connectivity index (χ2n) is 4.38. The molecular formula is C12H12BrN3S. The van der Waals surface area contributed by atoms with Crippen LogP contribution in [0.25, 0.3) is 5.69 Å². The van der Waals surface area contributed by atoms with Gasteiger partial charge in [-0.3, -0.25) is 9.67 Å². The molecule has 1 aromatic heterocycles. The fraction of sp³-hybridized carbons (Fsp3) is 0.333. The number of nitrogens with zero attached hydrogens (tertiary/aromatic N) is 2. The molecule has 1 saturated carbocycles. The topological polar surface area (TPSA) is 33.6 Å². The summed E-state index contributed by atoms with van der Waals surface area (Å²) in [5.41, 5.74) is 2.30. The summed E-state index contributed by atoms with van der Waals surface area (Å²) in [5.74, 6) is 1.64. The van der Waals surface area contributed by atoms with Crippen molar-refractivity contribution in [3.63, 3.8) is 0 Å². The minimum absolute atomic E-state index is 0.571. The zero-order valence-electron chi connectivity index (χ0n) is 9.40. The lowest BCUT2D eigenvalue weighted by Crippen LogP contribution is -2.02. The molecule has 1 aromatic carbocycles. The fourth-order valence-corrected chi connectivity index (χ4v) is 2.59. The SMILES string of the molecule is Cc1c(Br)cccc1-n1c(C2CC2)n[nH]c1=S. The average Bonchev–Trinajstić information content (AvgIpc) is 3.08. The predicted octanol–water partition coefficient (Wildman–Crippen LogP) is 3.88. The minimum atomic E-state index is 0.571. The fourth-order valence-electron chi connectivity index (χ4n) is 2.00. The van der Waals surface area contributed by atoms with E-state index in [-0.39, 0.29) is 0 Å². The summed E-state index contributed by atoms with van der Waals surface area (Å²) in [7, 11) is 0. The molecule has 0 saturated heterocycles. The molecule has 1 aliphatic rings. The Bertz CT molecular complexity index is 625. The number of hydrogen-bond donors (Lipinski definition) is 1. The molecule has 1 heterocycles. The number of H-pyrrole nitrogens is 1. The quantitative estimate of drug-likeness (QED) is 0.854. The van der Waals surface area contributed by atoms with E-state index in [2.05, 4.69) is 43.7 Å². The minimum Gasteiger partial charge on any atom is -0.272 e. The lowest BCUT2D eigenvalue weighted by atomic mass is 10.2.